The number of amides is 3. The maximum Gasteiger partial charge on any atom is 0.408 e. The van der Waals surface area contributed by atoms with Crippen LogP contribution in [0.4, 0.5) is 4.79 Å². The van der Waals surface area contributed by atoms with Gasteiger partial charge in [0.05, 0.1) is 0 Å². The Bertz CT molecular complexity index is 455. The molecule has 0 radical (unpaired) electrons. The molecule has 0 saturated carbocycles. The quantitative estimate of drug-likeness (QED) is 0.737. The summed E-state index contributed by atoms with van der Waals surface area (Å²) in [6.45, 7) is 14.7. The third-order valence-electron chi connectivity index (χ3n) is 3.21. The zero-order valence-electron chi connectivity index (χ0n) is 16.2. The van der Waals surface area contributed by atoms with Gasteiger partial charge in [-0.1, -0.05) is 27.7 Å². The Morgan fingerprint density at radius 2 is 1.58 bits per heavy atom. The van der Waals surface area contributed by atoms with Crippen LogP contribution in [0.3, 0.4) is 0 Å². The first-order chi connectivity index (χ1) is 10.8. The number of alkyl carbamates (subject to hydrolysis) is 1. The lowest BCUT2D eigenvalue weighted by atomic mass is 9.99. The molecule has 3 N–H and O–H groups in total. The predicted octanol–water partition coefficient (Wildman–Crippen LogP) is 1.89. The Labute approximate surface area is 145 Å². The van der Waals surface area contributed by atoms with E-state index in [1.165, 1.54) is 4.90 Å². The van der Waals surface area contributed by atoms with Crippen LogP contribution in [-0.2, 0) is 14.3 Å². The van der Waals surface area contributed by atoms with Gasteiger partial charge in [0, 0.05) is 6.54 Å². The average molecular weight is 343 g/mol. The number of nitrogens with two attached hydrogens (primary N) is 1. The van der Waals surface area contributed by atoms with E-state index in [9.17, 15) is 14.4 Å². The Morgan fingerprint density at radius 1 is 1.08 bits per heavy atom. The van der Waals surface area contributed by atoms with E-state index in [1.54, 1.807) is 27.7 Å². The van der Waals surface area contributed by atoms with Crippen molar-refractivity contribution in [2.45, 2.75) is 73.1 Å². The van der Waals surface area contributed by atoms with Crippen LogP contribution >= 0.6 is 0 Å². The largest absolute Gasteiger partial charge is 0.444 e. The van der Waals surface area contributed by atoms with Crippen LogP contribution in [0.15, 0.2) is 0 Å². The Hall–Kier alpha value is -1.79. The first-order valence-electron chi connectivity index (χ1n) is 8.35. The predicted molar refractivity (Wildman–Crippen MR) is 93.2 cm³/mol. The third kappa shape index (κ3) is 7.66. The van der Waals surface area contributed by atoms with E-state index in [2.05, 4.69) is 5.32 Å². The highest BCUT2D eigenvalue weighted by Crippen LogP contribution is 2.15. The van der Waals surface area contributed by atoms with Crippen molar-refractivity contribution in [2.24, 2.45) is 17.6 Å². The third-order valence-corrected chi connectivity index (χ3v) is 3.21. The minimum atomic E-state index is -0.820. The molecule has 0 aliphatic carbocycles. The number of nitrogens with one attached hydrogen (secondary N) is 1. The number of nitrogens with zero attached hydrogens (tertiary/aromatic N) is 1. The highest BCUT2D eigenvalue weighted by atomic mass is 16.6. The van der Waals surface area contributed by atoms with Gasteiger partial charge in [-0.3, -0.25) is 9.59 Å². The van der Waals surface area contributed by atoms with Crippen LogP contribution in [0.2, 0.25) is 0 Å². The second-order valence-corrected chi connectivity index (χ2v) is 7.84. The van der Waals surface area contributed by atoms with Crippen LogP contribution in [0.25, 0.3) is 0 Å². The number of ether oxygens (including phenoxy) is 1. The molecule has 0 aliphatic rings. The van der Waals surface area contributed by atoms with Gasteiger partial charge in [0.2, 0.25) is 11.8 Å². The summed E-state index contributed by atoms with van der Waals surface area (Å²) >= 11 is 0. The van der Waals surface area contributed by atoms with Crippen molar-refractivity contribution < 1.29 is 19.1 Å². The van der Waals surface area contributed by atoms with Crippen LogP contribution < -0.4 is 11.1 Å². The molecule has 0 unspecified atom stereocenters. The first kappa shape index (κ1) is 22.2. The normalized spacial score (nSPS) is 14.2. The molecule has 7 nitrogen and oxygen atoms in total. The Kier molecular flexibility index (Phi) is 8.23. The highest BCUT2D eigenvalue weighted by Gasteiger charge is 2.34. The van der Waals surface area contributed by atoms with Gasteiger partial charge in [0.25, 0.3) is 0 Å². The summed E-state index contributed by atoms with van der Waals surface area (Å²) in [6, 6.07) is -1.54. The monoisotopic (exact) mass is 343 g/mol. The molecule has 0 bridgehead atoms. The summed E-state index contributed by atoms with van der Waals surface area (Å²) < 4.78 is 5.16. The van der Waals surface area contributed by atoms with Crippen molar-refractivity contribution in [3.05, 3.63) is 0 Å². The number of primary amides is 1. The van der Waals surface area contributed by atoms with Crippen LogP contribution in [-0.4, -0.2) is 47.0 Å². The molecule has 0 spiro atoms. The standard InChI is InChI=1S/C17H33N3O4/c1-10(2)9-20(13(11(3)4)14(18)21)15(22)12(5)19-16(23)24-17(6,7)8/h10-13H,9H2,1-8H3,(H2,18,21)(H,19,23)/t12-,13-/m0/s1. The van der Waals surface area contributed by atoms with Gasteiger partial charge in [-0.05, 0) is 39.5 Å². The topological polar surface area (TPSA) is 102 Å². The lowest BCUT2D eigenvalue weighted by Crippen LogP contribution is -2.57. The summed E-state index contributed by atoms with van der Waals surface area (Å²) in [6.07, 6.45) is -0.673. The van der Waals surface area contributed by atoms with E-state index >= 15 is 0 Å². The molecular weight excluding hydrogens is 310 g/mol. The summed E-state index contributed by atoms with van der Waals surface area (Å²) in [5.74, 6) is -0.877. The summed E-state index contributed by atoms with van der Waals surface area (Å²) in [5, 5.41) is 2.52. The molecule has 140 valence electrons. The minimum absolute atomic E-state index is 0.126. The van der Waals surface area contributed by atoms with Crippen molar-refractivity contribution in [3.63, 3.8) is 0 Å². The number of hydrogen-bond donors (Lipinski definition) is 2. The number of carbonyl (C=O) groups is 3. The number of carbonyl (C=O) groups excluding carboxylic acids is 3. The molecule has 0 aromatic rings. The molecule has 0 fully saturated rings. The zero-order chi connectivity index (χ0) is 19.2. The van der Waals surface area contributed by atoms with Crippen molar-refractivity contribution in [1.82, 2.24) is 10.2 Å². The molecule has 0 aromatic heterocycles. The highest BCUT2D eigenvalue weighted by molar-refractivity contribution is 5.90. The van der Waals surface area contributed by atoms with E-state index < -0.39 is 29.7 Å². The Morgan fingerprint density at radius 3 is 1.92 bits per heavy atom. The summed E-state index contributed by atoms with van der Waals surface area (Å²) in [5.41, 5.74) is 4.84. The second-order valence-electron chi connectivity index (χ2n) is 7.84. The lowest BCUT2D eigenvalue weighted by molar-refractivity contribution is -0.142. The molecular formula is C17H33N3O4. The molecule has 3 amide bonds. The van der Waals surface area contributed by atoms with Gasteiger partial charge in [-0.15, -0.1) is 0 Å². The smallest absolute Gasteiger partial charge is 0.408 e. The van der Waals surface area contributed by atoms with Crippen LogP contribution in [0.1, 0.15) is 55.4 Å². The van der Waals surface area contributed by atoms with Gasteiger partial charge >= 0.3 is 6.09 Å². The fourth-order valence-electron chi connectivity index (χ4n) is 2.37. The van der Waals surface area contributed by atoms with Gasteiger partial charge < -0.3 is 20.7 Å². The van der Waals surface area contributed by atoms with E-state index in [1.807, 2.05) is 27.7 Å². The van der Waals surface area contributed by atoms with Crippen molar-refractivity contribution >= 4 is 17.9 Å². The molecule has 7 heteroatoms. The molecule has 0 heterocycles. The lowest BCUT2D eigenvalue weighted by Gasteiger charge is -2.35. The second kappa shape index (κ2) is 8.89. The zero-order valence-corrected chi connectivity index (χ0v) is 16.2. The van der Waals surface area contributed by atoms with Gasteiger partial charge in [0.15, 0.2) is 0 Å². The van der Waals surface area contributed by atoms with Crippen LogP contribution in [0.5, 0.6) is 0 Å². The van der Waals surface area contributed by atoms with Crippen molar-refractivity contribution in [1.29, 1.82) is 0 Å². The average Bonchev–Trinajstić information content (AvgIpc) is 2.32. The summed E-state index contributed by atoms with van der Waals surface area (Å²) in [4.78, 5) is 37.9. The van der Waals surface area contributed by atoms with E-state index in [0.29, 0.717) is 6.54 Å². The molecule has 24 heavy (non-hydrogen) atoms. The summed E-state index contributed by atoms with van der Waals surface area (Å²) in [7, 11) is 0. The van der Waals surface area contributed by atoms with Gasteiger partial charge in [-0.2, -0.15) is 0 Å². The molecule has 0 aromatic carbocycles. The fourth-order valence-corrected chi connectivity index (χ4v) is 2.37. The number of hydrogen-bond acceptors (Lipinski definition) is 4. The number of rotatable bonds is 7. The maximum atomic E-state index is 12.8. The van der Waals surface area contributed by atoms with Gasteiger partial charge in [-0.25, -0.2) is 4.79 Å². The molecule has 0 rings (SSSR count). The van der Waals surface area contributed by atoms with Gasteiger partial charge in [0.1, 0.15) is 17.7 Å². The molecule has 2 atom stereocenters. The molecule has 0 aliphatic heterocycles. The Balaban J connectivity index is 5.23. The van der Waals surface area contributed by atoms with Crippen molar-refractivity contribution in [2.75, 3.05) is 6.54 Å². The van der Waals surface area contributed by atoms with E-state index in [-0.39, 0.29) is 17.7 Å². The SMILES string of the molecule is CC(C)CN(C(=O)[C@H](C)NC(=O)OC(C)(C)C)[C@H](C(N)=O)C(C)C. The first-order valence-corrected chi connectivity index (χ1v) is 8.35. The van der Waals surface area contributed by atoms with Crippen LogP contribution in [0, 0.1) is 11.8 Å². The maximum absolute atomic E-state index is 12.8. The van der Waals surface area contributed by atoms with Crippen molar-refractivity contribution in [3.8, 4) is 0 Å². The minimum Gasteiger partial charge on any atom is -0.444 e. The van der Waals surface area contributed by atoms with E-state index in [0.717, 1.165) is 0 Å². The fraction of sp³-hybridized carbons (Fsp3) is 0.824. The molecule has 0 saturated heterocycles. The van der Waals surface area contributed by atoms with E-state index in [4.69, 9.17) is 10.5 Å².